The summed E-state index contributed by atoms with van der Waals surface area (Å²) in [6, 6.07) is 4.97. The number of nitrogens with zero attached hydrogens (tertiary/aromatic N) is 3. The van der Waals surface area contributed by atoms with E-state index in [1.165, 1.54) is 18.4 Å². The molecular weight excluding hydrogens is 326 g/mol. The summed E-state index contributed by atoms with van der Waals surface area (Å²) in [4.78, 5) is 17.2. The summed E-state index contributed by atoms with van der Waals surface area (Å²) in [5.74, 6) is -0.0507. The third kappa shape index (κ3) is 3.15. The first-order valence-electron chi connectivity index (χ1n) is 8.52. The molecule has 2 heterocycles. The Hall–Kier alpha value is -1.60. The molecule has 1 aromatic carbocycles. The zero-order valence-corrected chi connectivity index (χ0v) is 15.2. The summed E-state index contributed by atoms with van der Waals surface area (Å²) >= 11 is 0. The van der Waals surface area contributed by atoms with Crippen molar-refractivity contribution in [2.24, 2.45) is 0 Å². The lowest BCUT2D eigenvalue weighted by molar-refractivity contribution is 0.0793. The van der Waals surface area contributed by atoms with Gasteiger partial charge in [0.1, 0.15) is 0 Å². The lowest BCUT2D eigenvalue weighted by Gasteiger charge is -2.24. The summed E-state index contributed by atoms with van der Waals surface area (Å²) in [5.41, 5.74) is 1.38. The second-order valence-corrected chi connectivity index (χ2v) is 8.81. The van der Waals surface area contributed by atoms with Gasteiger partial charge in [0.25, 0.3) is 5.91 Å². The van der Waals surface area contributed by atoms with E-state index >= 15 is 0 Å². The molecule has 2 aliphatic heterocycles. The first-order valence-corrected chi connectivity index (χ1v) is 9.96. The van der Waals surface area contributed by atoms with E-state index in [0.717, 1.165) is 57.5 Å². The van der Waals surface area contributed by atoms with E-state index in [1.807, 2.05) is 4.90 Å². The lowest BCUT2D eigenvalue weighted by atomic mass is 10.1. The van der Waals surface area contributed by atoms with Gasteiger partial charge in [-0.25, -0.2) is 12.7 Å². The number of anilines is 1. The zero-order chi connectivity index (χ0) is 17.3. The number of likely N-dealkylation sites (tertiary alicyclic amines) is 1. The lowest BCUT2D eigenvalue weighted by Crippen LogP contribution is -2.31. The Bertz CT molecular complexity index is 719. The molecule has 0 unspecified atom stereocenters. The molecule has 7 heteroatoms. The van der Waals surface area contributed by atoms with E-state index < -0.39 is 10.0 Å². The minimum atomic E-state index is -3.55. The smallest absolute Gasteiger partial charge is 0.256 e. The Balaban J connectivity index is 2.04. The van der Waals surface area contributed by atoms with E-state index in [4.69, 9.17) is 0 Å². The van der Waals surface area contributed by atoms with Crippen LogP contribution in [-0.2, 0) is 10.0 Å². The van der Waals surface area contributed by atoms with Crippen LogP contribution in [-0.4, -0.2) is 63.8 Å². The number of carbonyl (C=O) groups is 1. The highest BCUT2D eigenvalue weighted by atomic mass is 32.2. The topological polar surface area (TPSA) is 60.9 Å². The van der Waals surface area contributed by atoms with Crippen LogP contribution < -0.4 is 4.90 Å². The van der Waals surface area contributed by atoms with Crippen LogP contribution in [0.15, 0.2) is 23.1 Å². The standard InChI is InChI=1S/C17H25N3O3S/c1-18(2)24(22,23)14-7-8-16(19-9-3-4-10-19)15(13-14)17(21)20-11-5-6-12-20/h7-8,13H,3-6,9-12H2,1-2H3. The summed E-state index contributed by atoms with van der Waals surface area (Å²) in [5, 5.41) is 0. The number of hydrogen-bond donors (Lipinski definition) is 0. The SMILES string of the molecule is CN(C)S(=O)(=O)c1ccc(N2CCCC2)c(C(=O)N2CCCC2)c1. The number of sulfonamides is 1. The van der Waals surface area contributed by atoms with Crippen LogP contribution in [0, 0.1) is 0 Å². The number of benzene rings is 1. The number of hydrogen-bond acceptors (Lipinski definition) is 4. The third-order valence-corrected chi connectivity index (χ3v) is 6.63. The van der Waals surface area contributed by atoms with Gasteiger partial charge in [-0.2, -0.15) is 0 Å². The van der Waals surface area contributed by atoms with Crippen molar-refractivity contribution >= 4 is 21.6 Å². The molecule has 6 nitrogen and oxygen atoms in total. The molecule has 0 aromatic heterocycles. The van der Waals surface area contributed by atoms with Crippen LogP contribution in [0.5, 0.6) is 0 Å². The number of rotatable bonds is 4. The highest BCUT2D eigenvalue weighted by molar-refractivity contribution is 7.89. The van der Waals surface area contributed by atoms with Crippen molar-refractivity contribution in [2.75, 3.05) is 45.2 Å². The van der Waals surface area contributed by atoms with Crippen LogP contribution in [0.4, 0.5) is 5.69 Å². The van der Waals surface area contributed by atoms with E-state index in [9.17, 15) is 13.2 Å². The molecule has 2 saturated heterocycles. The predicted octanol–water partition coefficient (Wildman–Crippen LogP) is 1.77. The molecule has 24 heavy (non-hydrogen) atoms. The molecule has 0 spiro atoms. The monoisotopic (exact) mass is 351 g/mol. The van der Waals surface area contributed by atoms with Crippen molar-refractivity contribution < 1.29 is 13.2 Å². The normalized spacial score (nSPS) is 18.6. The van der Waals surface area contributed by atoms with E-state index in [0.29, 0.717) is 5.56 Å². The van der Waals surface area contributed by atoms with Gasteiger partial charge >= 0.3 is 0 Å². The van der Waals surface area contributed by atoms with E-state index in [1.54, 1.807) is 18.2 Å². The number of carbonyl (C=O) groups excluding carboxylic acids is 1. The Morgan fingerprint density at radius 2 is 1.58 bits per heavy atom. The van der Waals surface area contributed by atoms with Crippen molar-refractivity contribution in [3.05, 3.63) is 23.8 Å². The molecule has 132 valence electrons. The highest BCUT2D eigenvalue weighted by Gasteiger charge is 2.28. The molecule has 0 aliphatic carbocycles. The van der Waals surface area contributed by atoms with Crippen molar-refractivity contribution in [3.63, 3.8) is 0 Å². The van der Waals surface area contributed by atoms with Crippen molar-refractivity contribution in [1.29, 1.82) is 0 Å². The van der Waals surface area contributed by atoms with E-state index in [-0.39, 0.29) is 10.8 Å². The summed E-state index contributed by atoms with van der Waals surface area (Å²) in [7, 11) is -0.541. The maximum absolute atomic E-state index is 13.0. The van der Waals surface area contributed by atoms with E-state index in [2.05, 4.69) is 4.90 Å². The van der Waals surface area contributed by atoms with Crippen LogP contribution in [0.25, 0.3) is 0 Å². The van der Waals surface area contributed by atoms with Crippen molar-refractivity contribution in [2.45, 2.75) is 30.6 Å². The first-order chi connectivity index (χ1) is 11.4. The summed E-state index contributed by atoms with van der Waals surface area (Å²) in [6.07, 6.45) is 4.24. The maximum atomic E-state index is 13.0. The second-order valence-electron chi connectivity index (χ2n) is 6.66. The van der Waals surface area contributed by atoms with Crippen LogP contribution >= 0.6 is 0 Å². The molecule has 3 rings (SSSR count). The molecule has 1 aromatic rings. The van der Waals surface area contributed by atoms with Crippen LogP contribution in [0.3, 0.4) is 0 Å². The fraction of sp³-hybridized carbons (Fsp3) is 0.588. The van der Waals surface area contributed by atoms with Crippen LogP contribution in [0.1, 0.15) is 36.0 Å². The quantitative estimate of drug-likeness (QED) is 0.829. The molecule has 0 bridgehead atoms. The predicted molar refractivity (Wildman–Crippen MR) is 93.9 cm³/mol. The molecule has 0 saturated carbocycles. The first kappa shape index (κ1) is 17.2. The van der Waals surface area contributed by atoms with Gasteiger partial charge in [0.05, 0.1) is 10.5 Å². The molecule has 2 aliphatic rings. The Morgan fingerprint density at radius 3 is 2.17 bits per heavy atom. The third-order valence-electron chi connectivity index (χ3n) is 4.82. The van der Waals surface area contributed by atoms with Crippen molar-refractivity contribution in [1.82, 2.24) is 9.21 Å². The minimum Gasteiger partial charge on any atom is -0.371 e. The van der Waals surface area contributed by atoms with Gasteiger partial charge in [0, 0.05) is 46.0 Å². The zero-order valence-electron chi connectivity index (χ0n) is 14.4. The number of amides is 1. The van der Waals surface area contributed by atoms with Crippen LogP contribution in [0.2, 0.25) is 0 Å². The molecule has 2 fully saturated rings. The highest BCUT2D eigenvalue weighted by Crippen LogP contribution is 2.29. The molecule has 1 amide bonds. The fourth-order valence-electron chi connectivity index (χ4n) is 3.38. The summed E-state index contributed by atoms with van der Waals surface area (Å²) < 4.78 is 26.1. The molecule has 0 N–H and O–H groups in total. The Kier molecular flexibility index (Phi) is 4.83. The fourth-order valence-corrected chi connectivity index (χ4v) is 4.31. The molecule has 0 radical (unpaired) electrons. The Morgan fingerprint density at radius 1 is 1.00 bits per heavy atom. The van der Waals surface area contributed by atoms with Gasteiger partial charge in [-0.1, -0.05) is 0 Å². The largest absolute Gasteiger partial charge is 0.371 e. The summed E-state index contributed by atoms with van der Waals surface area (Å²) in [6.45, 7) is 3.34. The maximum Gasteiger partial charge on any atom is 0.256 e. The average molecular weight is 351 g/mol. The minimum absolute atomic E-state index is 0.0507. The van der Waals surface area contributed by atoms with Gasteiger partial charge < -0.3 is 9.80 Å². The molecular formula is C17H25N3O3S. The van der Waals surface area contributed by atoms with Gasteiger partial charge in [-0.05, 0) is 43.9 Å². The average Bonchev–Trinajstić information content (AvgIpc) is 3.26. The second kappa shape index (κ2) is 6.72. The van der Waals surface area contributed by atoms with Gasteiger partial charge in [0.2, 0.25) is 10.0 Å². The van der Waals surface area contributed by atoms with Gasteiger partial charge in [0.15, 0.2) is 0 Å². The van der Waals surface area contributed by atoms with Gasteiger partial charge in [-0.3, -0.25) is 4.79 Å². The molecule has 0 atom stereocenters. The van der Waals surface area contributed by atoms with Crippen molar-refractivity contribution in [3.8, 4) is 0 Å². The van der Waals surface area contributed by atoms with Gasteiger partial charge in [-0.15, -0.1) is 0 Å². The Labute approximate surface area is 144 Å².